The summed E-state index contributed by atoms with van der Waals surface area (Å²) in [5.74, 6) is -10.7. The van der Waals surface area contributed by atoms with Crippen molar-refractivity contribution in [1.82, 2.24) is 0 Å². The number of rotatable bonds is 8. The van der Waals surface area contributed by atoms with Gasteiger partial charge in [-0.2, -0.15) is 0 Å². The first-order valence-electron chi connectivity index (χ1n) is 6.37. The van der Waals surface area contributed by atoms with E-state index in [0.717, 1.165) is 0 Å². The van der Waals surface area contributed by atoms with Gasteiger partial charge in [-0.15, -0.1) is 0 Å². The van der Waals surface area contributed by atoms with Crippen LogP contribution in [0, 0.1) is 5.92 Å². The lowest BCUT2D eigenvalue weighted by atomic mass is 9.99. The van der Waals surface area contributed by atoms with Crippen molar-refractivity contribution in [2.45, 2.75) is 24.7 Å². The van der Waals surface area contributed by atoms with E-state index in [-0.39, 0.29) is 0 Å². The van der Waals surface area contributed by atoms with Crippen LogP contribution in [0.25, 0.3) is 0 Å². The normalized spacial score (nSPS) is 21.0. The first-order chi connectivity index (χ1) is 11.1. The van der Waals surface area contributed by atoms with Crippen molar-refractivity contribution in [3.63, 3.8) is 0 Å². The average molecular weight is 350 g/mol. The highest BCUT2D eigenvalue weighted by Crippen LogP contribution is 2.26. The molecule has 0 bridgehead atoms. The number of carboxylic acids is 2. The van der Waals surface area contributed by atoms with E-state index in [9.17, 15) is 34.5 Å². The van der Waals surface area contributed by atoms with Crippen LogP contribution in [0.2, 0.25) is 0 Å². The van der Waals surface area contributed by atoms with E-state index in [1.54, 1.807) is 0 Å². The largest absolute Gasteiger partial charge is 0.499 e. The molecule has 0 aliphatic carbocycles. The van der Waals surface area contributed by atoms with Crippen LogP contribution in [-0.4, -0.2) is 79.4 Å². The van der Waals surface area contributed by atoms with Crippen LogP contribution >= 0.6 is 0 Å². The summed E-state index contributed by atoms with van der Waals surface area (Å²) < 4.78 is 8.92. The third-order valence-electron chi connectivity index (χ3n) is 3.00. The van der Waals surface area contributed by atoms with Crippen molar-refractivity contribution in [3.05, 3.63) is 11.5 Å². The molecule has 134 valence electrons. The predicted octanol–water partition coefficient (Wildman–Crippen LogP) is -2.89. The Bertz CT molecular complexity index is 579. The number of ether oxygens (including phenoxy) is 2. The van der Waals surface area contributed by atoms with E-state index in [1.165, 1.54) is 0 Å². The number of carbonyl (C=O) groups is 4. The van der Waals surface area contributed by atoms with Crippen LogP contribution in [-0.2, 0) is 28.7 Å². The monoisotopic (exact) mass is 350 g/mol. The van der Waals surface area contributed by atoms with E-state index in [1.807, 2.05) is 0 Å². The van der Waals surface area contributed by atoms with Crippen molar-refractivity contribution < 1.29 is 59.3 Å². The Morgan fingerprint density at radius 3 is 2.25 bits per heavy atom. The Morgan fingerprint density at radius 2 is 1.79 bits per heavy atom. The zero-order valence-corrected chi connectivity index (χ0v) is 11.9. The molecule has 0 spiro atoms. The third kappa shape index (κ3) is 4.18. The summed E-state index contributed by atoms with van der Waals surface area (Å²) in [6.45, 7) is -0.939. The fourth-order valence-electron chi connectivity index (χ4n) is 1.77. The van der Waals surface area contributed by atoms with E-state index in [2.05, 4.69) is 9.47 Å². The maximum absolute atomic E-state index is 11.8. The van der Waals surface area contributed by atoms with Crippen LogP contribution in [0.4, 0.5) is 0 Å². The molecular formula is C12H14O12. The zero-order chi connectivity index (χ0) is 18.6. The topological polar surface area (TPSA) is 208 Å². The van der Waals surface area contributed by atoms with E-state index < -0.39 is 72.7 Å². The van der Waals surface area contributed by atoms with Gasteiger partial charge in [0.2, 0.25) is 11.5 Å². The Balaban J connectivity index is 2.96. The fourth-order valence-corrected chi connectivity index (χ4v) is 1.77. The third-order valence-corrected chi connectivity index (χ3v) is 3.00. The second-order valence-electron chi connectivity index (χ2n) is 4.70. The molecule has 6 N–H and O–H groups in total. The lowest BCUT2D eigenvalue weighted by molar-refractivity contribution is -0.165. The standard InChI is InChI=1S/C12H14O12/c13-2-4(14)8-9(7(18)12(22)23-8)24-11(21)6(17)3(10(19)20)1-5(15)16/h3-4,6,8,13-14,17-18H,1-2H2,(H,15,16)(H,19,20)/t3?,4-,6?,8+/m0/s1. The zero-order valence-electron chi connectivity index (χ0n) is 11.9. The van der Waals surface area contributed by atoms with Crippen molar-refractivity contribution in [3.8, 4) is 0 Å². The molecule has 0 saturated carbocycles. The molecule has 12 nitrogen and oxygen atoms in total. The summed E-state index contributed by atoms with van der Waals surface area (Å²) in [5, 5.41) is 54.7. The first-order valence-corrected chi connectivity index (χ1v) is 6.37. The molecule has 0 saturated heterocycles. The van der Waals surface area contributed by atoms with Gasteiger partial charge in [-0.1, -0.05) is 0 Å². The quantitative estimate of drug-likeness (QED) is 0.244. The second-order valence-corrected chi connectivity index (χ2v) is 4.70. The minimum absolute atomic E-state index is 0.939. The molecule has 1 rings (SSSR count). The number of aliphatic hydroxyl groups excluding tert-OH is 4. The molecule has 1 heterocycles. The number of hydrogen-bond acceptors (Lipinski definition) is 10. The van der Waals surface area contributed by atoms with Crippen molar-refractivity contribution in [1.29, 1.82) is 0 Å². The van der Waals surface area contributed by atoms with Crippen molar-refractivity contribution >= 4 is 23.9 Å². The lowest BCUT2D eigenvalue weighted by Gasteiger charge is -2.20. The van der Waals surface area contributed by atoms with Crippen LogP contribution in [0.5, 0.6) is 0 Å². The molecule has 0 aromatic rings. The number of carbonyl (C=O) groups excluding carboxylic acids is 2. The van der Waals surface area contributed by atoms with E-state index >= 15 is 0 Å². The number of aliphatic carboxylic acids is 2. The van der Waals surface area contributed by atoms with Crippen LogP contribution in [0.1, 0.15) is 6.42 Å². The molecule has 24 heavy (non-hydrogen) atoms. The summed E-state index contributed by atoms with van der Waals surface area (Å²) in [4.78, 5) is 44.4. The molecule has 0 aromatic heterocycles. The Kier molecular flexibility index (Phi) is 6.22. The average Bonchev–Trinajstić information content (AvgIpc) is 2.78. The number of hydrogen-bond donors (Lipinski definition) is 6. The molecule has 0 amide bonds. The van der Waals surface area contributed by atoms with E-state index in [4.69, 9.17) is 15.3 Å². The van der Waals surface area contributed by atoms with Gasteiger partial charge < -0.3 is 40.1 Å². The van der Waals surface area contributed by atoms with Gasteiger partial charge in [0.1, 0.15) is 12.0 Å². The molecule has 1 aliphatic heterocycles. The summed E-state index contributed by atoms with van der Waals surface area (Å²) in [6, 6.07) is 0. The highest BCUT2D eigenvalue weighted by Gasteiger charge is 2.44. The molecule has 1 aliphatic rings. The first kappa shape index (κ1) is 19.3. The summed E-state index contributed by atoms with van der Waals surface area (Å²) >= 11 is 0. The maximum Gasteiger partial charge on any atom is 0.378 e. The summed E-state index contributed by atoms with van der Waals surface area (Å²) in [7, 11) is 0. The molecule has 0 aromatic carbocycles. The molecule has 12 heteroatoms. The van der Waals surface area contributed by atoms with E-state index in [0.29, 0.717) is 0 Å². The van der Waals surface area contributed by atoms with Gasteiger partial charge in [0.15, 0.2) is 12.2 Å². The van der Waals surface area contributed by atoms with Gasteiger partial charge in [0, 0.05) is 0 Å². The Hall–Kier alpha value is -2.70. The van der Waals surface area contributed by atoms with Crippen LogP contribution in [0.3, 0.4) is 0 Å². The Morgan fingerprint density at radius 1 is 1.21 bits per heavy atom. The highest BCUT2D eigenvalue weighted by molar-refractivity contribution is 5.91. The fraction of sp³-hybridized carbons (Fsp3) is 0.500. The van der Waals surface area contributed by atoms with Crippen molar-refractivity contribution in [2.24, 2.45) is 5.92 Å². The van der Waals surface area contributed by atoms with Gasteiger partial charge in [-0.3, -0.25) is 9.59 Å². The van der Waals surface area contributed by atoms with Gasteiger partial charge in [0.05, 0.1) is 13.0 Å². The van der Waals surface area contributed by atoms with Gasteiger partial charge in [0.25, 0.3) is 0 Å². The van der Waals surface area contributed by atoms with Crippen LogP contribution < -0.4 is 0 Å². The number of cyclic esters (lactones) is 1. The van der Waals surface area contributed by atoms with Gasteiger partial charge in [-0.25, -0.2) is 9.59 Å². The molecule has 0 radical (unpaired) electrons. The second kappa shape index (κ2) is 7.72. The highest BCUT2D eigenvalue weighted by atomic mass is 16.6. The lowest BCUT2D eigenvalue weighted by Crippen LogP contribution is -2.39. The summed E-state index contributed by atoms with van der Waals surface area (Å²) in [6.07, 6.45) is -7.08. The maximum atomic E-state index is 11.8. The van der Waals surface area contributed by atoms with Crippen LogP contribution in [0.15, 0.2) is 11.5 Å². The molecule has 4 atom stereocenters. The smallest absolute Gasteiger partial charge is 0.378 e. The van der Waals surface area contributed by atoms with Gasteiger partial charge >= 0.3 is 23.9 Å². The number of esters is 2. The predicted molar refractivity (Wildman–Crippen MR) is 68.1 cm³/mol. The minimum atomic E-state index is -2.44. The SMILES string of the molecule is O=C(O)CC(C(=O)O)C(O)C(=O)OC1=C(O)C(=O)O[C@@H]1[C@@H](O)CO. The van der Waals surface area contributed by atoms with Gasteiger partial charge in [-0.05, 0) is 0 Å². The number of carboxylic acid groups (broad SMARTS) is 2. The minimum Gasteiger partial charge on any atom is -0.499 e. The number of aliphatic hydroxyl groups is 4. The summed E-state index contributed by atoms with van der Waals surface area (Å²) in [5.41, 5.74) is 0. The molecule has 0 fully saturated rings. The molecule has 2 unspecified atom stereocenters. The molecular weight excluding hydrogens is 336 g/mol. The van der Waals surface area contributed by atoms with Crippen molar-refractivity contribution in [2.75, 3.05) is 6.61 Å². The Labute approximate surface area is 133 Å².